The molecule has 3 N–H and O–H groups in total. The molecule has 0 aliphatic rings. The number of allylic oxidation sites excluding steroid dienone is 4. The molecule has 4 nitrogen and oxygen atoms in total. The molecule has 0 rings (SSSR count). The molecule has 0 radical (unpaired) electrons. The fourth-order valence-corrected chi connectivity index (χ4v) is 6.10. The van der Waals surface area contributed by atoms with Gasteiger partial charge >= 0.3 is 0 Å². The van der Waals surface area contributed by atoms with E-state index in [1.807, 2.05) is 0 Å². The number of hydrogen-bond donors (Lipinski definition) is 3. The Labute approximate surface area is 281 Å². The van der Waals surface area contributed by atoms with Gasteiger partial charge in [0, 0.05) is 6.42 Å². The average Bonchev–Trinajstić information content (AvgIpc) is 3.04. The molecule has 0 aromatic rings. The summed E-state index contributed by atoms with van der Waals surface area (Å²) in [6.07, 6.45) is 46.6. The molecule has 4 heteroatoms. The summed E-state index contributed by atoms with van der Waals surface area (Å²) in [5.41, 5.74) is 0. The molecular formula is C41H79NO3. The number of aliphatic hydroxyl groups is 2. The van der Waals surface area contributed by atoms with Crippen molar-refractivity contribution in [2.75, 3.05) is 6.61 Å². The minimum Gasteiger partial charge on any atom is -0.394 e. The zero-order chi connectivity index (χ0) is 32.9. The molecule has 45 heavy (non-hydrogen) atoms. The van der Waals surface area contributed by atoms with Crippen molar-refractivity contribution in [3.8, 4) is 0 Å². The predicted octanol–water partition coefficient (Wildman–Crippen LogP) is 12.1. The van der Waals surface area contributed by atoms with Crippen molar-refractivity contribution in [1.82, 2.24) is 5.32 Å². The Morgan fingerprint density at radius 3 is 1.38 bits per heavy atom. The molecule has 2 unspecified atom stereocenters. The fraction of sp³-hybridized carbons (Fsp3) is 0.878. The number of rotatable bonds is 36. The van der Waals surface area contributed by atoms with Crippen molar-refractivity contribution < 1.29 is 15.0 Å². The van der Waals surface area contributed by atoms with Crippen LogP contribution in [0.1, 0.15) is 213 Å². The SMILES string of the molecule is CCCCC/C=C\C/C=C\CCCCCCCCCCCC(=O)NC(CO)C(O)CCCCCCCCCCCCCCCC. The molecule has 0 fully saturated rings. The van der Waals surface area contributed by atoms with Gasteiger partial charge in [0.25, 0.3) is 0 Å². The number of carbonyl (C=O) groups excluding carboxylic acids is 1. The molecule has 0 aliphatic heterocycles. The number of nitrogens with one attached hydrogen (secondary N) is 1. The summed E-state index contributed by atoms with van der Waals surface area (Å²) in [6, 6.07) is -0.535. The van der Waals surface area contributed by atoms with Gasteiger partial charge < -0.3 is 15.5 Å². The van der Waals surface area contributed by atoms with Crippen LogP contribution >= 0.6 is 0 Å². The molecule has 0 saturated heterocycles. The van der Waals surface area contributed by atoms with Crippen LogP contribution in [0.5, 0.6) is 0 Å². The predicted molar refractivity (Wildman–Crippen MR) is 198 cm³/mol. The van der Waals surface area contributed by atoms with Gasteiger partial charge in [-0.2, -0.15) is 0 Å². The van der Waals surface area contributed by atoms with E-state index >= 15 is 0 Å². The minimum absolute atomic E-state index is 0.0360. The molecule has 0 spiro atoms. The third kappa shape index (κ3) is 34.0. The van der Waals surface area contributed by atoms with Crippen LogP contribution in [0.3, 0.4) is 0 Å². The van der Waals surface area contributed by atoms with Gasteiger partial charge in [-0.05, 0) is 44.9 Å². The molecule has 1 amide bonds. The third-order valence-corrected chi connectivity index (χ3v) is 9.22. The first kappa shape index (κ1) is 43.9. The van der Waals surface area contributed by atoms with Crippen LogP contribution in [-0.4, -0.2) is 34.9 Å². The maximum Gasteiger partial charge on any atom is 0.220 e. The molecule has 0 heterocycles. The van der Waals surface area contributed by atoms with Gasteiger partial charge in [0.15, 0.2) is 0 Å². The lowest BCUT2D eigenvalue weighted by molar-refractivity contribution is -0.123. The summed E-state index contributed by atoms with van der Waals surface area (Å²) >= 11 is 0. The van der Waals surface area contributed by atoms with E-state index in [0.29, 0.717) is 12.8 Å². The third-order valence-electron chi connectivity index (χ3n) is 9.22. The van der Waals surface area contributed by atoms with Crippen molar-refractivity contribution >= 4 is 5.91 Å². The lowest BCUT2D eigenvalue weighted by atomic mass is 10.0. The number of carbonyl (C=O) groups is 1. The molecular weight excluding hydrogens is 554 g/mol. The van der Waals surface area contributed by atoms with Gasteiger partial charge in [-0.15, -0.1) is 0 Å². The van der Waals surface area contributed by atoms with E-state index in [-0.39, 0.29) is 12.5 Å². The van der Waals surface area contributed by atoms with Crippen LogP contribution in [0.4, 0.5) is 0 Å². The number of unbranched alkanes of at least 4 members (excludes halogenated alkanes) is 25. The highest BCUT2D eigenvalue weighted by molar-refractivity contribution is 5.76. The van der Waals surface area contributed by atoms with E-state index in [9.17, 15) is 15.0 Å². The monoisotopic (exact) mass is 634 g/mol. The second kappa shape index (κ2) is 37.3. The van der Waals surface area contributed by atoms with E-state index in [4.69, 9.17) is 0 Å². The maximum absolute atomic E-state index is 12.4. The first-order chi connectivity index (χ1) is 22.2. The Morgan fingerprint density at radius 2 is 0.911 bits per heavy atom. The second-order valence-corrected chi connectivity index (χ2v) is 13.7. The summed E-state index contributed by atoms with van der Waals surface area (Å²) in [4.78, 5) is 12.4. The van der Waals surface area contributed by atoms with E-state index in [0.717, 1.165) is 32.1 Å². The van der Waals surface area contributed by atoms with E-state index < -0.39 is 12.1 Å². The van der Waals surface area contributed by atoms with Crippen LogP contribution in [0, 0.1) is 0 Å². The van der Waals surface area contributed by atoms with E-state index in [2.05, 4.69) is 43.5 Å². The number of hydrogen-bond acceptors (Lipinski definition) is 3. The molecule has 0 aliphatic carbocycles. The molecule has 266 valence electrons. The van der Waals surface area contributed by atoms with E-state index in [1.54, 1.807) is 0 Å². The average molecular weight is 634 g/mol. The van der Waals surface area contributed by atoms with Crippen LogP contribution in [0.2, 0.25) is 0 Å². The van der Waals surface area contributed by atoms with Gasteiger partial charge in [-0.25, -0.2) is 0 Å². The Morgan fingerprint density at radius 1 is 0.533 bits per heavy atom. The first-order valence-electron chi connectivity index (χ1n) is 20.0. The fourth-order valence-electron chi connectivity index (χ4n) is 6.10. The summed E-state index contributed by atoms with van der Waals surface area (Å²) in [7, 11) is 0. The normalized spacial score (nSPS) is 13.2. The summed E-state index contributed by atoms with van der Waals surface area (Å²) in [6.45, 7) is 4.33. The van der Waals surface area contributed by atoms with Gasteiger partial charge in [-0.3, -0.25) is 4.79 Å². The van der Waals surface area contributed by atoms with Crippen molar-refractivity contribution in [3.05, 3.63) is 24.3 Å². The van der Waals surface area contributed by atoms with Crippen molar-refractivity contribution in [1.29, 1.82) is 0 Å². The van der Waals surface area contributed by atoms with Crippen LogP contribution in [0.15, 0.2) is 24.3 Å². The van der Waals surface area contributed by atoms with Crippen molar-refractivity contribution in [3.63, 3.8) is 0 Å². The number of aliphatic hydroxyl groups excluding tert-OH is 2. The maximum atomic E-state index is 12.4. The molecule has 0 aromatic heterocycles. The molecule has 0 saturated carbocycles. The molecule has 0 bridgehead atoms. The smallest absolute Gasteiger partial charge is 0.220 e. The molecule has 0 aromatic carbocycles. The van der Waals surface area contributed by atoms with Gasteiger partial charge in [0.1, 0.15) is 0 Å². The highest BCUT2D eigenvalue weighted by Gasteiger charge is 2.19. The minimum atomic E-state index is -0.658. The van der Waals surface area contributed by atoms with Crippen LogP contribution in [-0.2, 0) is 4.79 Å². The first-order valence-corrected chi connectivity index (χ1v) is 20.0. The lowest BCUT2D eigenvalue weighted by Gasteiger charge is -2.22. The van der Waals surface area contributed by atoms with Crippen molar-refractivity contribution in [2.24, 2.45) is 0 Å². The molecule has 2 atom stereocenters. The zero-order valence-corrected chi connectivity index (χ0v) is 30.4. The van der Waals surface area contributed by atoms with Crippen LogP contribution < -0.4 is 5.32 Å². The quantitative estimate of drug-likeness (QED) is 0.0475. The van der Waals surface area contributed by atoms with Crippen molar-refractivity contribution in [2.45, 2.75) is 225 Å². The Hall–Kier alpha value is -1.13. The highest BCUT2D eigenvalue weighted by atomic mass is 16.3. The van der Waals surface area contributed by atoms with Crippen LogP contribution in [0.25, 0.3) is 0 Å². The van der Waals surface area contributed by atoms with Gasteiger partial charge in [-0.1, -0.05) is 186 Å². The lowest BCUT2D eigenvalue weighted by Crippen LogP contribution is -2.45. The second-order valence-electron chi connectivity index (χ2n) is 13.7. The standard InChI is InChI=1S/C41H79NO3/c1-3-5-7-9-11-13-15-17-19-20-21-22-23-25-27-29-31-33-35-37-41(45)42-39(38-43)40(44)36-34-32-30-28-26-24-18-16-14-12-10-8-6-4-2/h11,13,17,19,39-40,43-44H,3-10,12,14-16,18,20-38H2,1-2H3,(H,42,45)/b13-11-,19-17-. The zero-order valence-electron chi connectivity index (χ0n) is 30.4. The van der Waals surface area contributed by atoms with Gasteiger partial charge in [0.05, 0.1) is 18.8 Å². The number of amides is 1. The Kier molecular flexibility index (Phi) is 36.4. The largest absolute Gasteiger partial charge is 0.394 e. The summed E-state index contributed by atoms with van der Waals surface area (Å²) < 4.78 is 0. The Balaban J connectivity index is 3.54. The summed E-state index contributed by atoms with van der Waals surface area (Å²) in [5.74, 6) is -0.0360. The topological polar surface area (TPSA) is 69.6 Å². The highest BCUT2D eigenvalue weighted by Crippen LogP contribution is 2.15. The van der Waals surface area contributed by atoms with E-state index in [1.165, 1.54) is 154 Å². The Bertz CT molecular complexity index is 647. The van der Waals surface area contributed by atoms with Gasteiger partial charge in [0.2, 0.25) is 5.91 Å². The summed E-state index contributed by atoms with van der Waals surface area (Å²) in [5, 5.41) is 23.1.